The van der Waals surface area contributed by atoms with Gasteiger partial charge in [0.05, 0.1) is 18.8 Å². The summed E-state index contributed by atoms with van der Waals surface area (Å²) in [6.07, 6.45) is 3.01. The molecular weight excluding hydrogens is 499 g/mol. The number of ether oxygens (including phenoxy) is 1. The van der Waals surface area contributed by atoms with E-state index in [0.29, 0.717) is 49.9 Å². The van der Waals surface area contributed by atoms with E-state index in [-0.39, 0.29) is 41.4 Å². The number of hydrogen-bond acceptors (Lipinski definition) is 7. The number of amides is 1. The van der Waals surface area contributed by atoms with Gasteiger partial charge in [0.2, 0.25) is 17.8 Å². The SMILES string of the molecule is NC(=O)[C@H]1CC[C@@H](n2c(Nc3c(F)cc(Cl)cc3F)nc3cnc(N[C@H]4CCOC[C@H]4F)nc32)CC1. The number of nitrogens with two attached hydrogens (primary N) is 1. The lowest BCUT2D eigenvalue weighted by Crippen LogP contribution is -2.39. The molecule has 2 fully saturated rings. The molecule has 13 heteroatoms. The van der Waals surface area contributed by atoms with Gasteiger partial charge in [-0.3, -0.25) is 9.36 Å². The predicted molar refractivity (Wildman–Crippen MR) is 128 cm³/mol. The number of carbonyl (C=O) groups excluding carboxylic acids is 1. The van der Waals surface area contributed by atoms with Gasteiger partial charge < -0.3 is 21.1 Å². The molecule has 3 heterocycles. The van der Waals surface area contributed by atoms with Crippen molar-refractivity contribution in [2.45, 2.75) is 50.4 Å². The van der Waals surface area contributed by atoms with Gasteiger partial charge >= 0.3 is 0 Å². The van der Waals surface area contributed by atoms with Gasteiger partial charge in [0.1, 0.15) is 17.4 Å². The van der Waals surface area contributed by atoms with Crippen LogP contribution in [-0.4, -0.2) is 50.9 Å². The Morgan fingerprint density at radius 1 is 1.14 bits per heavy atom. The Kier molecular flexibility index (Phi) is 6.89. The van der Waals surface area contributed by atoms with Crippen molar-refractivity contribution in [1.29, 1.82) is 0 Å². The Labute approximate surface area is 209 Å². The summed E-state index contributed by atoms with van der Waals surface area (Å²) in [5.41, 5.74) is 5.88. The van der Waals surface area contributed by atoms with E-state index in [2.05, 4.69) is 25.6 Å². The maximum absolute atomic E-state index is 14.6. The van der Waals surface area contributed by atoms with E-state index in [9.17, 15) is 18.0 Å². The molecule has 2 aliphatic rings. The van der Waals surface area contributed by atoms with Crippen LogP contribution >= 0.6 is 11.6 Å². The summed E-state index contributed by atoms with van der Waals surface area (Å²) in [6.45, 7) is 0.418. The van der Waals surface area contributed by atoms with Crippen molar-refractivity contribution >= 4 is 46.3 Å². The van der Waals surface area contributed by atoms with Crippen molar-refractivity contribution in [2.75, 3.05) is 23.8 Å². The smallest absolute Gasteiger partial charge is 0.225 e. The van der Waals surface area contributed by atoms with Crippen molar-refractivity contribution in [1.82, 2.24) is 19.5 Å². The van der Waals surface area contributed by atoms with Crippen molar-refractivity contribution in [3.8, 4) is 0 Å². The molecule has 1 saturated heterocycles. The van der Waals surface area contributed by atoms with Crippen molar-refractivity contribution in [3.63, 3.8) is 0 Å². The van der Waals surface area contributed by atoms with Gasteiger partial charge in [0, 0.05) is 23.6 Å². The first kappa shape index (κ1) is 24.6. The van der Waals surface area contributed by atoms with Gasteiger partial charge in [-0.15, -0.1) is 0 Å². The average molecular weight is 524 g/mol. The number of benzene rings is 1. The number of nitrogens with one attached hydrogen (secondary N) is 2. The van der Waals surface area contributed by atoms with Crippen molar-refractivity contribution < 1.29 is 22.7 Å². The molecule has 192 valence electrons. The Hall–Kier alpha value is -3.12. The number of anilines is 3. The molecule has 1 aromatic carbocycles. The fourth-order valence-electron chi connectivity index (χ4n) is 4.82. The highest BCUT2D eigenvalue weighted by Gasteiger charge is 2.30. The molecule has 1 saturated carbocycles. The number of aromatic nitrogens is 4. The summed E-state index contributed by atoms with van der Waals surface area (Å²) in [7, 11) is 0. The predicted octanol–water partition coefficient (Wildman–Crippen LogP) is 4.26. The lowest BCUT2D eigenvalue weighted by molar-refractivity contribution is -0.122. The van der Waals surface area contributed by atoms with E-state index < -0.39 is 29.5 Å². The van der Waals surface area contributed by atoms with Crippen LogP contribution in [-0.2, 0) is 9.53 Å². The van der Waals surface area contributed by atoms with Crippen LogP contribution in [0.3, 0.4) is 0 Å². The number of halogens is 4. The molecule has 2 atom stereocenters. The largest absolute Gasteiger partial charge is 0.378 e. The average Bonchev–Trinajstić information content (AvgIpc) is 3.20. The Morgan fingerprint density at radius 2 is 1.86 bits per heavy atom. The van der Waals surface area contributed by atoms with Gasteiger partial charge in [-0.25, -0.2) is 23.1 Å². The lowest BCUT2D eigenvalue weighted by Gasteiger charge is -2.29. The molecule has 4 N–H and O–H groups in total. The molecule has 36 heavy (non-hydrogen) atoms. The van der Waals surface area contributed by atoms with E-state index >= 15 is 0 Å². The minimum absolute atomic E-state index is 0.00671. The molecule has 0 bridgehead atoms. The number of imidazole rings is 1. The van der Waals surface area contributed by atoms with Gasteiger partial charge in [-0.2, -0.15) is 4.98 Å². The second-order valence-electron chi connectivity index (χ2n) is 9.12. The zero-order valence-electron chi connectivity index (χ0n) is 19.2. The molecule has 1 aliphatic heterocycles. The van der Waals surface area contributed by atoms with Crippen LogP contribution in [0.25, 0.3) is 11.2 Å². The highest BCUT2D eigenvalue weighted by molar-refractivity contribution is 6.30. The second kappa shape index (κ2) is 10.1. The molecule has 0 unspecified atom stereocenters. The standard InChI is InChI=1S/C23H25ClF3N7O2/c24-12-7-14(25)19(15(26)8-12)32-23-31-18-9-29-22(30-17-5-6-36-10-16(17)27)33-21(18)34(23)13-3-1-11(2-4-13)20(28)35/h7-9,11,13,16-17H,1-6,10H2,(H2,28,35)(H,31,32)(H,29,30,33)/t11-,13+,16-,17+/m1/s1. The molecule has 3 aromatic rings. The van der Waals surface area contributed by atoms with Crippen LogP contribution in [0.4, 0.5) is 30.8 Å². The van der Waals surface area contributed by atoms with E-state index in [1.807, 2.05) is 0 Å². The van der Waals surface area contributed by atoms with E-state index in [1.54, 1.807) is 4.57 Å². The minimum Gasteiger partial charge on any atom is -0.378 e. The maximum Gasteiger partial charge on any atom is 0.225 e. The molecule has 0 radical (unpaired) electrons. The Morgan fingerprint density at radius 3 is 2.53 bits per heavy atom. The van der Waals surface area contributed by atoms with Crippen molar-refractivity contribution in [2.24, 2.45) is 11.7 Å². The van der Waals surface area contributed by atoms with Crippen LogP contribution in [0.1, 0.15) is 38.1 Å². The first-order valence-corrected chi connectivity index (χ1v) is 12.1. The van der Waals surface area contributed by atoms with Gasteiger partial charge in [-0.05, 0) is 44.2 Å². The summed E-state index contributed by atoms with van der Waals surface area (Å²) < 4.78 is 50.3. The summed E-state index contributed by atoms with van der Waals surface area (Å²) in [5, 5.41) is 5.70. The molecule has 9 nitrogen and oxygen atoms in total. The first-order chi connectivity index (χ1) is 17.3. The third kappa shape index (κ3) is 4.92. The summed E-state index contributed by atoms with van der Waals surface area (Å²) >= 11 is 5.76. The van der Waals surface area contributed by atoms with Crippen molar-refractivity contribution in [3.05, 3.63) is 35.0 Å². The van der Waals surface area contributed by atoms with Gasteiger partial charge in [0.25, 0.3) is 0 Å². The number of carbonyl (C=O) groups is 1. The normalized spacial score (nSPS) is 24.6. The van der Waals surface area contributed by atoms with Gasteiger partial charge in [0.15, 0.2) is 17.3 Å². The Bertz CT molecular complexity index is 1260. The quantitative estimate of drug-likeness (QED) is 0.441. The topological polar surface area (TPSA) is 120 Å². The molecule has 1 aliphatic carbocycles. The molecule has 5 rings (SSSR count). The number of hydrogen-bond donors (Lipinski definition) is 3. The number of nitrogens with zero attached hydrogens (tertiary/aromatic N) is 4. The van der Waals surface area contributed by atoms with Crippen LogP contribution in [0.5, 0.6) is 0 Å². The number of alkyl halides is 1. The fraction of sp³-hybridized carbons (Fsp3) is 0.478. The Balaban J connectivity index is 1.53. The monoisotopic (exact) mass is 523 g/mol. The van der Waals surface area contributed by atoms with Gasteiger partial charge in [-0.1, -0.05) is 11.6 Å². The highest BCUT2D eigenvalue weighted by Crippen LogP contribution is 2.37. The van der Waals surface area contributed by atoms with E-state index in [0.717, 1.165) is 12.1 Å². The van der Waals surface area contributed by atoms with Crippen LogP contribution in [0.2, 0.25) is 5.02 Å². The zero-order valence-corrected chi connectivity index (χ0v) is 19.9. The summed E-state index contributed by atoms with van der Waals surface area (Å²) in [6, 6.07) is 1.32. The van der Waals surface area contributed by atoms with E-state index in [1.165, 1.54) is 6.20 Å². The van der Waals surface area contributed by atoms with Crippen LogP contribution in [0.15, 0.2) is 18.3 Å². The zero-order chi connectivity index (χ0) is 25.4. The summed E-state index contributed by atoms with van der Waals surface area (Å²) in [5.74, 6) is -1.97. The fourth-order valence-corrected chi connectivity index (χ4v) is 5.01. The number of rotatable bonds is 6. The molecule has 0 spiro atoms. The number of primary amides is 1. The molecule has 1 amide bonds. The second-order valence-corrected chi connectivity index (χ2v) is 9.55. The highest BCUT2D eigenvalue weighted by atomic mass is 35.5. The summed E-state index contributed by atoms with van der Waals surface area (Å²) in [4.78, 5) is 25.0. The first-order valence-electron chi connectivity index (χ1n) is 11.7. The number of fused-ring (bicyclic) bond motifs is 1. The molecule has 2 aromatic heterocycles. The van der Waals surface area contributed by atoms with Crippen LogP contribution in [0, 0.1) is 17.6 Å². The third-order valence-electron chi connectivity index (χ3n) is 6.74. The maximum atomic E-state index is 14.6. The third-order valence-corrected chi connectivity index (χ3v) is 6.96. The lowest BCUT2D eigenvalue weighted by atomic mass is 9.85. The molecular formula is C23H25ClF3N7O2. The minimum atomic E-state index is -1.21. The van der Waals surface area contributed by atoms with Crippen LogP contribution < -0.4 is 16.4 Å². The van der Waals surface area contributed by atoms with E-state index in [4.69, 9.17) is 22.1 Å².